The summed E-state index contributed by atoms with van der Waals surface area (Å²) in [4.78, 5) is 28.2. The first-order chi connectivity index (χ1) is 17.0. The first-order valence-electron chi connectivity index (χ1n) is 12.0. The maximum Gasteiger partial charge on any atom is 0.244 e. The van der Waals surface area contributed by atoms with E-state index in [4.69, 9.17) is 16.3 Å². The summed E-state index contributed by atoms with van der Waals surface area (Å²) in [6.45, 7) is 3.28. The van der Waals surface area contributed by atoms with Crippen LogP contribution < -0.4 is 14.4 Å². The van der Waals surface area contributed by atoms with E-state index >= 15 is 0 Å². The predicted octanol–water partition coefficient (Wildman–Crippen LogP) is 3.90. The van der Waals surface area contributed by atoms with Gasteiger partial charge in [0.2, 0.25) is 21.8 Å². The predicted molar refractivity (Wildman–Crippen MR) is 142 cm³/mol. The monoisotopic (exact) mass is 535 g/mol. The Balaban J connectivity index is 1.92. The van der Waals surface area contributed by atoms with Crippen LogP contribution in [-0.4, -0.2) is 57.1 Å². The Morgan fingerprint density at radius 3 is 2.36 bits per heavy atom. The normalized spacial score (nSPS) is 14.8. The second-order valence-electron chi connectivity index (χ2n) is 9.26. The zero-order chi connectivity index (χ0) is 26.5. The molecule has 196 valence electrons. The molecule has 2 amide bonds. The zero-order valence-electron chi connectivity index (χ0n) is 21.2. The van der Waals surface area contributed by atoms with Crippen LogP contribution in [0, 0.1) is 6.92 Å². The van der Waals surface area contributed by atoms with Gasteiger partial charge in [0, 0.05) is 17.6 Å². The molecule has 0 spiro atoms. The van der Waals surface area contributed by atoms with Crippen molar-refractivity contribution >= 4 is 39.1 Å². The van der Waals surface area contributed by atoms with Gasteiger partial charge in [-0.3, -0.25) is 13.9 Å². The van der Waals surface area contributed by atoms with Crippen molar-refractivity contribution in [3.05, 3.63) is 58.6 Å². The van der Waals surface area contributed by atoms with Gasteiger partial charge in [-0.2, -0.15) is 0 Å². The minimum atomic E-state index is -3.89. The van der Waals surface area contributed by atoms with Crippen LogP contribution in [0.25, 0.3) is 0 Å². The van der Waals surface area contributed by atoms with Gasteiger partial charge in [0.15, 0.2) is 0 Å². The van der Waals surface area contributed by atoms with E-state index in [-0.39, 0.29) is 29.9 Å². The fraction of sp³-hybridized carbons (Fsp3) is 0.462. The van der Waals surface area contributed by atoms with Gasteiger partial charge in [0.05, 0.1) is 19.1 Å². The fourth-order valence-corrected chi connectivity index (χ4v) is 5.33. The number of anilines is 1. The lowest BCUT2D eigenvalue weighted by molar-refractivity contribution is -0.139. The molecule has 1 aliphatic carbocycles. The first-order valence-corrected chi connectivity index (χ1v) is 14.2. The third-order valence-electron chi connectivity index (χ3n) is 6.43. The van der Waals surface area contributed by atoms with Gasteiger partial charge in [-0.15, -0.1) is 0 Å². The average molecular weight is 536 g/mol. The van der Waals surface area contributed by atoms with Crippen LogP contribution in [0.1, 0.15) is 43.7 Å². The Morgan fingerprint density at radius 1 is 1.14 bits per heavy atom. The molecule has 0 radical (unpaired) electrons. The summed E-state index contributed by atoms with van der Waals surface area (Å²) in [6, 6.07) is 11.5. The van der Waals surface area contributed by atoms with E-state index in [9.17, 15) is 18.0 Å². The molecule has 0 aromatic heterocycles. The zero-order valence-corrected chi connectivity index (χ0v) is 22.7. The van der Waals surface area contributed by atoms with E-state index in [0.29, 0.717) is 5.02 Å². The molecular formula is C26H34ClN3O5S. The fourth-order valence-electron chi connectivity index (χ4n) is 4.32. The van der Waals surface area contributed by atoms with E-state index in [1.165, 1.54) is 18.1 Å². The number of ether oxygens (including phenoxy) is 1. The number of benzene rings is 2. The molecule has 36 heavy (non-hydrogen) atoms. The maximum absolute atomic E-state index is 13.7. The molecule has 1 aliphatic rings. The number of sulfonamides is 1. The maximum atomic E-state index is 13.7. The van der Waals surface area contributed by atoms with Gasteiger partial charge < -0.3 is 15.0 Å². The van der Waals surface area contributed by atoms with E-state index in [2.05, 4.69) is 5.32 Å². The van der Waals surface area contributed by atoms with Crippen LogP contribution in [0.4, 0.5) is 5.69 Å². The minimum absolute atomic E-state index is 0.0968. The Labute approximate surface area is 218 Å². The number of methoxy groups -OCH3 is 1. The van der Waals surface area contributed by atoms with Gasteiger partial charge in [0.1, 0.15) is 18.3 Å². The third-order valence-corrected chi connectivity index (χ3v) is 7.79. The topological polar surface area (TPSA) is 96.0 Å². The summed E-state index contributed by atoms with van der Waals surface area (Å²) in [6.07, 6.45) is 4.98. The van der Waals surface area contributed by atoms with Crippen molar-refractivity contribution < 1.29 is 22.7 Å². The van der Waals surface area contributed by atoms with Crippen molar-refractivity contribution in [2.45, 2.75) is 58.2 Å². The van der Waals surface area contributed by atoms with Crippen LogP contribution in [0.15, 0.2) is 42.5 Å². The number of hydrogen-bond donors (Lipinski definition) is 1. The minimum Gasteiger partial charge on any atom is -0.495 e. The first kappa shape index (κ1) is 27.8. The van der Waals surface area contributed by atoms with Gasteiger partial charge in [-0.25, -0.2) is 8.42 Å². The summed E-state index contributed by atoms with van der Waals surface area (Å²) in [5, 5.41) is 3.35. The largest absolute Gasteiger partial charge is 0.495 e. The lowest BCUT2D eigenvalue weighted by Crippen LogP contribution is -2.52. The molecule has 0 bridgehead atoms. The van der Waals surface area contributed by atoms with E-state index in [1.807, 2.05) is 31.2 Å². The standard InChI is InChI=1S/C26H34ClN3O5S/c1-18-9-11-20(12-10-18)16-29(19(2)26(32)28-22-7-5-6-8-22)25(31)17-30(36(4,33)34)23-15-21(27)13-14-24(23)35-3/h9-15,19,22H,5-8,16-17H2,1-4H3,(H,28,32)/t19-/m1/s1. The van der Waals surface area contributed by atoms with E-state index in [1.54, 1.807) is 19.1 Å². The van der Waals surface area contributed by atoms with Crippen molar-refractivity contribution in [2.24, 2.45) is 0 Å². The molecule has 10 heteroatoms. The molecule has 0 unspecified atom stereocenters. The highest BCUT2D eigenvalue weighted by Gasteiger charge is 2.32. The highest BCUT2D eigenvalue weighted by Crippen LogP contribution is 2.33. The molecule has 3 rings (SSSR count). The Bertz CT molecular complexity index is 1180. The van der Waals surface area contributed by atoms with Gasteiger partial charge in [0.25, 0.3) is 0 Å². The lowest BCUT2D eigenvalue weighted by atomic mass is 10.1. The molecule has 1 fully saturated rings. The summed E-state index contributed by atoms with van der Waals surface area (Å²) in [7, 11) is -2.48. The summed E-state index contributed by atoms with van der Waals surface area (Å²) >= 11 is 6.13. The Kier molecular flexibility index (Phi) is 9.24. The van der Waals surface area contributed by atoms with Crippen molar-refractivity contribution in [3.8, 4) is 5.75 Å². The van der Waals surface area contributed by atoms with Crippen LogP contribution in [-0.2, 0) is 26.2 Å². The average Bonchev–Trinajstić information content (AvgIpc) is 3.33. The number of aryl methyl sites for hydroxylation is 1. The molecule has 1 atom stereocenters. The quantitative estimate of drug-likeness (QED) is 0.498. The van der Waals surface area contributed by atoms with Crippen molar-refractivity contribution in [2.75, 3.05) is 24.2 Å². The van der Waals surface area contributed by atoms with Gasteiger partial charge >= 0.3 is 0 Å². The molecule has 0 heterocycles. The number of rotatable bonds is 10. The smallest absolute Gasteiger partial charge is 0.244 e. The van der Waals surface area contributed by atoms with E-state index < -0.39 is 28.5 Å². The van der Waals surface area contributed by atoms with Gasteiger partial charge in [-0.05, 0) is 50.5 Å². The molecule has 1 N–H and O–H groups in total. The van der Waals surface area contributed by atoms with Crippen LogP contribution >= 0.6 is 11.6 Å². The van der Waals surface area contributed by atoms with Crippen molar-refractivity contribution in [1.29, 1.82) is 0 Å². The Hall–Kier alpha value is -2.78. The second kappa shape index (κ2) is 12.0. The summed E-state index contributed by atoms with van der Waals surface area (Å²) in [5.41, 5.74) is 2.06. The Morgan fingerprint density at radius 2 is 1.78 bits per heavy atom. The van der Waals surface area contributed by atoms with E-state index in [0.717, 1.165) is 47.4 Å². The molecular weight excluding hydrogens is 502 g/mol. The summed E-state index contributed by atoms with van der Waals surface area (Å²) in [5.74, 6) is -0.513. The highest BCUT2D eigenvalue weighted by molar-refractivity contribution is 7.92. The highest BCUT2D eigenvalue weighted by atomic mass is 35.5. The van der Waals surface area contributed by atoms with Crippen molar-refractivity contribution in [3.63, 3.8) is 0 Å². The lowest BCUT2D eigenvalue weighted by Gasteiger charge is -2.32. The van der Waals surface area contributed by atoms with Crippen LogP contribution in [0.5, 0.6) is 5.75 Å². The molecule has 0 saturated heterocycles. The molecule has 1 saturated carbocycles. The third kappa shape index (κ3) is 7.13. The molecule has 0 aliphatic heterocycles. The number of carbonyl (C=O) groups is 2. The number of amides is 2. The van der Waals surface area contributed by atoms with Gasteiger partial charge in [-0.1, -0.05) is 54.3 Å². The molecule has 2 aromatic carbocycles. The number of hydrogen-bond acceptors (Lipinski definition) is 5. The van der Waals surface area contributed by atoms with Crippen molar-refractivity contribution in [1.82, 2.24) is 10.2 Å². The molecule has 2 aromatic rings. The SMILES string of the molecule is COc1ccc(Cl)cc1N(CC(=O)N(Cc1ccc(C)cc1)[C@H](C)C(=O)NC1CCCC1)S(C)(=O)=O. The number of carbonyl (C=O) groups excluding carboxylic acids is 2. The molecule has 8 nitrogen and oxygen atoms in total. The second-order valence-corrected chi connectivity index (χ2v) is 11.6. The number of halogens is 1. The van der Waals surface area contributed by atoms with Crippen LogP contribution in [0.2, 0.25) is 5.02 Å². The summed E-state index contributed by atoms with van der Waals surface area (Å²) < 4.78 is 31.8. The van der Waals surface area contributed by atoms with Crippen LogP contribution in [0.3, 0.4) is 0 Å². The number of nitrogens with zero attached hydrogens (tertiary/aromatic N) is 2. The number of nitrogens with one attached hydrogen (secondary N) is 1.